The van der Waals surface area contributed by atoms with E-state index < -0.39 is 0 Å². The summed E-state index contributed by atoms with van der Waals surface area (Å²) in [6, 6.07) is 15.4. The van der Waals surface area contributed by atoms with E-state index in [4.69, 9.17) is 31.6 Å². The van der Waals surface area contributed by atoms with Gasteiger partial charge in [-0.1, -0.05) is 12.1 Å². The fourth-order valence-electron chi connectivity index (χ4n) is 2.66. The first-order valence-corrected chi connectivity index (χ1v) is 8.72. The molecule has 0 atom stereocenters. The van der Waals surface area contributed by atoms with Crippen molar-refractivity contribution in [3.05, 3.63) is 53.3 Å². The molecule has 0 bridgehead atoms. The zero-order chi connectivity index (χ0) is 19.4. The van der Waals surface area contributed by atoms with E-state index in [-0.39, 0.29) is 0 Å². The Hall–Kier alpha value is -2.68. The van der Waals surface area contributed by atoms with Crippen molar-refractivity contribution in [2.24, 2.45) is 0 Å². The number of hydrogen-bond donors (Lipinski definition) is 0. The molecule has 142 valence electrons. The van der Waals surface area contributed by atoms with Gasteiger partial charge in [0.05, 0.1) is 27.0 Å². The van der Waals surface area contributed by atoms with Crippen molar-refractivity contribution in [3.63, 3.8) is 0 Å². The molecule has 0 unspecified atom stereocenters. The highest BCUT2D eigenvalue weighted by atomic mass is 32.1. The van der Waals surface area contributed by atoms with Gasteiger partial charge in [0.15, 0.2) is 5.82 Å². The monoisotopic (exact) mass is 386 g/mol. The number of hydrogen-bond acceptors (Lipinski definition) is 6. The minimum absolute atomic E-state index is 0.398. The summed E-state index contributed by atoms with van der Waals surface area (Å²) in [5, 5.41) is 6.38. The van der Waals surface area contributed by atoms with Crippen LogP contribution in [0.5, 0.6) is 11.5 Å². The normalized spacial score (nSPS) is 11.0. The first kappa shape index (κ1) is 19.1. The zero-order valence-electron chi connectivity index (χ0n) is 15.7. The second-order valence-electron chi connectivity index (χ2n) is 5.82. The average molecular weight is 386 g/mol. The Labute approximate surface area is 163 Å². The summed E-state index contributed by atoms with van der Waals surface area (Å²) in [4.78, 5) is 5.22. The van der Waals surface area contributed by atoms with Gasteiger partial charge in [0, 0.05) is 12.6 Å². The molecular formula is C19H22N4O3S. The lowest BCUT2D eigenvalue weighted by molar-refractivity contribution is -0.134. The lowest BCUT2D eigenvalue weighted by Crippen LogP contribution is -2.21. The van der Waals surface area contributed by atoms with Crippen molar-refractivity contribution in [1.82, 2.24) is 19.4 Å². The maximum absolute atomic E-state index is 5.70. The Kier molecular flexibility index (Phi) is 5.90. The Bertz CT molecular complexity index is 966. The Morgan fingerprint density at radius 1 is 1.00 bits per heavy atom. The minimum atomic E-state index is 0.398. The highest BCUT2D eigenvalue weighted by molar-refractivity contribution is 7.71. The summed E-state index contributed by atoms with van der Waals surface area (Å²) in [7, 11) is 6.70. The molecule has 8 heteroatoms. The molecule has 1 aromatic heterocycles. The van der Waals surface area contributed by atoms with Crippen LogP contribution in [0.2, 0.25) is 0 Å². The summed E-state index contributed by atoms with van der Waals surface area (Å²) >= 11 is 5.70. The van der Waals surface area contributed by atoms with Crippen LogP contribution in [0.3, 0.4) is 0 Å². The van der Waals surface area contributed by atoms with Crippen LogP contribution in [-0.4, -0.2) is 47.8 Å². The van der Waals surface area contributed by atoms with Gasteiger partial charge < -0.3 is 14.3 Å². The number of benzene rings is 2. The van der Waals surface area contributed by atoms with Crippen molar-refractivity contribution in [2.75, 3.05) is 28.4 Å². The molecule has 7 nitrogen and oxygen atoms in total. The molecule has 27 heavy (non-hydrogen) atoms. The molecule has 0 fully saturated rings. The minimum Gasteiger partial charge on any atom is -0.497 e. The van der Waals surface area contributed by atoms with Gasteiger partial charge in [-0.05, 0) is 48.6 Å². The van der Waals surface area contributed by atoms with Crippen LogP contribution in [0.4, 0.5) is 0 Å². The summed E-state index contributed by atoms with van der Waals surface area (Å²) in [6.07, 6.45) is 0. The van der Waals surface area contributed by atoms with Crippen LogP contribution in [0.25, 0.3) is 17.1 Å². The molecule has 0 radical (unpaired) electrons. The molecule has 0 spiro atoms. The molecule has 0 aliphatic carbocycles. The quantitative estimate of drug-likeness (QED) is 0.457. The van der Waals surface area contributed by atoms with Crippen molar-refractivity contribution < 1.29 is 14.3 Å². The van der Waals surface area contributed by atoms with Crippen molar-refractivity contribution in [3.8, 4) is 28.6 Å². The Morgan fingerprint density at radius 2 is 1.70 bits per heavy atom. The van der Waals surface area contributed by atoms with E-state index in [1.54, 1.807) is 31.1 Å². The standard InChI is InChI=1S/C19H22N4O3S/c1-21(26-4)13-22-19(27)23(15-8-10-16(24-2)11-9-15)18(20-22)14-6-5-7-17(12-14)25-3/h5-12H,13H2,1-4H3. The largest absolute Gasteiger partial charge is 0.497 e. The zero-order valence-corrected chi connectivity index (χ0v) is 16.6. The van der Waals surface area contributed by atoms with Crippen LogP contribution < -0.4 is 9.47 Å². The highest BCUT2D eigenvalue weighted by Gasteiger charge is 2.16. The van der Waals surface area contributed by atoms with Crippen molar-refractivity contribution in [2.45, 2.75) is 6.67 Å². The van der Waals surface area contributed by atoms with Crippen LogP contribution in [0.1, 0.15) is 0 Å². The van der Waals surface area contributed by atoms with Crippen LogP contribution in [0, 0.1) is 4.77 Å². The SMILES string of the molecule is COc1ccc(-n2c(-c3cccc(OC)c3)nn(CN(C)OC)c2=S)cc1. The smallest absolute Gasteiger partial charge is 0.204 e. The highest BCUT2D eigenvalue weighted by Crippen LogP contribution is 2.26. The van der Waals surface area contributed by atoms with E-state index in [1.165, 1.54) is 0 Å². The molecule has 0 aliphatic rings. The molecule has 0 N–H and O–H groups in total. The van der Waals surface area contributed by atoms with E-state index in [0.29, 0.717) is 17.3 Å². The van der Waals surface area contributed by atoms with E-state index in [2.05, 4.69) is 0 Å². The maximum atomic E-state index is 5.70. The molecule has 0 saturated heterocycles. The predicted molar refractivity (Wildman–Crippen MR) is 106 cm³/mol. The van der Waals surface area contributed by atoms with Gasteiger partial charge >= 0.3 is 0 Å². The summed E-state index contributed by atoms with van der Waals surface area (Å²) < 4.78 is 14.8. The molecule has 1 heterocycles. The first-order chi connectivity index (χ1) is 13.1. The maximum Gasteiger partial charge on any atom is 0.204 e. The molecule has 0 saturated carbocycles. The van der Waals surface area contributed by atoms with E-state index >= 15 is 0 Å². The van der Waals surface area contributed by atoms with E-state index in [9.17, 15) is 0 Å². The number of nitrogens with zero attached hydrogens (tertiary/aromatic N) is 4. The molecule has 3 aromatic rings. The predicted octanol–water partition coefficient (Wildman–Crippen LogP) is 3.54. The molecule has 0 aliphatic heterocycles. The van der Waals surface area contributed by atoms with Gasteiger partial charge in [-0.15, -0.1) is 5.10 Å². The van der Waals surface area contributed by atoms with Crippen LogP contribution in [0.15, 0.2) is 48.5 Å². The third kappa shape index (κ3) is 4.02. The summed E-state index contributed by atoms with van der Waals surface area (Å²) in [6.45, 7) is 0.398. The second-order valence-corrected chi connectivity index (χ2v) is 6.19. The van der Waals surface area contributed by atoms with Gasteiger partial charge in [0.25, 0.3) is 0 Å². The van der Waals surface area contributed by atoms with Crippen LogP contribution >= 0.6 is 12.2 Å². The van der Waals surface area contributed by atoms with Gasteiger partial charge in [0.1, 0.15) is 18.2 Å². The third-order valence-corrected chi connectivity index (χ3v) is 4.54. The van der Waals surface area contributed by atoms with E-state index in [1.807, 2.05) is 60.1 Å². The van der Waals surface area contributed by atoms with Crippen molar-refractivity contribution >= 4 is 12.2 Å². The topological polar surface area (TPSA) is 53.7 Å². The molecule has 2 aromatic carbocycles. The second kappa shape index (κ2) is 8.34. The average Bonchev–Trinajstić information content (AvgIpc) is 3.04. The van der Waals surface area contributed by atoms with Gasteiger partial charge in [0.2, 0.25) is 4.77 Å². The Morgan fingerprint density at radius 3 is 2.33 bits per heavy atom. The van der Waals surface area contributed by atoms with Gasteiger partial charge in [-0.2, -0.15) is 5.06 Å². The lowest BCUT2D eigenvalue weighted by atomic mass is 10.2. The van der Waals surface area contributed by atoms with Gasteiger partial charge in [-0.3, -0.25) is 4.57 Å². The number of ether oxygens (including phenoxy) is 2. The van der Waals surface area contributed by atoms with Crippen molar-refractivity contribution in [1.29, 1.82) is 0 Å². The molecule has 0 amide bonds. The fraction of sp³-hybridized carbons (Fsp3) is 0.263. The van der Waals surface area contributed by atoms with Gasteiger partial charge in [-0.25, -0.2) is 4.68 Å². The van der Waals surface area contributed by atoms with E-state index in [0.717, 1.165) is 22.7 Å². The Balaban J connectivity index is 2.17. The number of methoxy groups -OCH3 is 2. The molecular weight excluding hydrogens is 364 g/mol. The summed E-state index contributed by atoms with van der Waals surface area (Å²) in [5.41, 5.74) is 1.79. The number of rotatable bonds is 7. The number of hydroxylamine groups is 2. The fourth-order valence-corrected chi connectivity index (χ4v) is 2.95. The van der Waals surface area contributed by atoms with Crippen LogP contribution in [-0.2, 0) is 11.5 Å². The number of aromatic nitrogens is 3. The third-order valence-electron chi connectivity index (χ3n) is 4.14. The first-order valence-electron chi connectivity index (χ1n) is 8.31. The molecule has 3 rings (SSSR count). The lowest BCUT2D eigenvalue weighted by Gasteiger charge is -2.12. The summed E-state index contributed by atoms with van der Waals surface area (Å²) in [5.74, 6) is 2.25.